The van der Waals surface area contributed by atoms with Gasteiger partial charge in [-0.3, -0.25) is 10.1 Å². The van der Waals surface area contributed by atoms with Crippen LogP contribution in [0.25, 0.3) is 0 Å². The minimum atomic E-state index is -1.05. The first-order valence-electron chi connectivity index (χ1n) is 7.21. The van der Waals surface area contributed by atoms with E-state index < -0.39 is 16.8 Å². The molecule has 0 saturated heterocycles. The normalized spacial score (nSPS) is 17.0. The van der Waals surface area contributed by atoms with Gasteiger partial charge in [0.2, 0.25) is 5.88 Å². The van der Waals surface area contributed by atoms with Gasteiger partial charge >= 0.3 is 5.97 Å². The minimum absolute atomic E-state index is 0.0121. The Labute approximate surface area is 151 Å². The van der Waals surface area contributed by atoms with Crippen molar-refractivity contribution in [1.82, 2.24) is 0 Å². The third-order valence-corrected chi connectivity index (χ3v) is 4.09. The molecule has 1 heterocycles. The summed E-state index contributed by atoms with van der Waals surface area (Å²) in [5.41, 5.74) is 5.60. The van der Waals surface area contributed by atoms with Gasteiger partial charge in [-0.1, -0.05) is 22.0 Å². The number of carbonyl (C=O) groups is 1. The average molecular weight is 408 g/mol. The second-order valence-corrected chi connectivity index (χ2v) is 5.99. The van der Waals surface area contributed by atoms with Crippen molar-refractivity contribution in [2.24, 2.45) is 5.73 Å². The second-order valence-electron chi connectivity index (χ2n) is 5.08. The van der Waals surface area contributed by atoms with Gasteiger partial charge in [-0.05, 0) is 19.9 Å². The lowest BCUT2D eigenvalue weighted by Gasteiger charge is -2.26. The third kappa shape index (κ3) is 3.49. The fourth-order valence-electron chi connectivity index (χ4n) is 2.58. The molecule has 1 unspecified atom stereocenters. The zero-order chi connectivity index (χ0) is 18.7. The number of halogens is 1. The van der Waals surface area contributed by atoms with Gasteiger partial charge in [0.1, 0.15) is 17.4 Å². The Morgan fingerprint density at radius 3 is 2.80 bits per heavy atom. The van der Waals surface area contributed by atoms with E-state index in [1.165, 1.54) is 19.1 Å². The van der Waals surface area contributed by atoms with Crippen molar-refractivity contribution in [1.29, 1.82) is 5.26 Å². The van der Waals surface area contributed by atoms with Crippen LogP contribution in [0.2, 0.25) is 0 Å². The molecule has 0 spiro atoms. The molecular weight excluding hydrogens is 394 g/mol. The van der Waals surface area contributed by atoms with E-state index in [-0.39, 0.29) is 40.6 Å². The predicted molar refractivity (Wildman–Crippen MR) is 90.8 cm³/mol. The van der Waals surface area contributed by atoms with Crippen molar-refractivity contribution in [2.75, 3.05) is 6.61 Å². The molecule has 2 N–H and O–H groups in total. The molecule has 0 aromatic heterocycles. The second kappa shape index (κ2) is 7.36. The van der Waals surface area contributed by atoms with Gasteiger partial charge in [0, 0.05) is 16.1 Å². The van der Waals surface area contributed by atoms with Gasteiger partial charge in [0.05, 0.1) is 23.0 Å². The maximum atomic E-state index is 12.4. The van der Waals surface area contributed by atoms with Crippen LogP contribution < -0.4 is 5.73 Å². The van der Waals surface area contributed by atoms with E-state index in [0.29, 0.717) is 4.47 Å². The summed E-state index contributed by atoms with van der Waals surface area (Å²) in [5.74, 6) is -1.83. The summed E-state index contributed by atoms with van der Waals surface area (Å²) in [6.45, 7) is 3.22. The van der Waals surface area contributed by atoms with Crippen molar-refractivity contribution >= 4 is 27.6 Å². The molecule has 1 aliphatic heterocycles. The quantitative estimate of drug-likeness (QED) is 0.461. The number of carbonyl (C=O) groups excluding carboxylic acids is 1. The fourth-order valence-corrected chi connectivity index (χ4v) is 2.93. The number of hydrogen-bond donors (Lipinski definition) is 1. The smallest absolute Gasteiger partial charge is 0.338 e. The Hall–Kier alpha value is -2.86. The van der Waals surface area contributed by atoms with Crippen LogP contribution in [0.3, 0.4) is 0 Å². The van der Waals surface area contributed by atoms with Crippen LogP contribution in [-0.2, 0) is 14.3 Å². The molecule has 1 atom stereocenters. The molecule has 0 saturated carbocycles. The van der Waals surface area contributed by atoms with Crippen molar-refractivity contribution in [3.05, 3.63) is 61.1 Å². The van der Waals surface area contributed by atoms with Gasteiger partial charge in [-0.25, -0.2) is 4.79 Å². The highest BCUT2D eigenvalue weighted by Gasteiger charge is 2.39. The van der Waals surface area contributed by atoms with Gasteiger partial charge in [-0.2, -0.15) is 5.26 Å². The van der Waals surface area contributed by atoms with E-state index in [0.717, 1.165) is 0 Å². The first kappa shape index (κ1) is 18.5. The molecule has 130 valence electrons. The van der Waals surface area contributed by atoms with E-state index in [1.54, 1.807) is 13.0 Å². The number of hydrogen-bond acceptors (Lipinski definition) is 7. The van der Waals surface area contributed by atoms with Crippen molar-refractivity contribution < 1.29 is 19.2 Å². The number of nitrogens with zero attached hydrogens (tertiary/aromatic N) is 2. The number of nitriles is 1. The summed E-state index contributed by atoms with van der Waals surface area (Å²) in [6.07, 6.45) is 0. The average Bonchev–Trinajstić information content (AvgIpc) is 2.54. The highest BCUT2D eigenvalue weighted by atomic mass is 79.9. The molecular formula is C16H14BrN3O5. The number of nitrogens with two attached hydrogens (primary N) is 1. The van der Waals surface area contributed by atoms with Gasteiger partial charge in [0.15, 0.2) is 0 Å². The number of ether oxygens (including phenoxy) is 2. The molecule has 0 bridgehead atoms. The van der Waals surface area contributed by atoms with E-state index in [4.69, 9.17) is 15.2 Å². The van der Waals surface area contributed by atoms with Crippen LogP contribution in [0.15, 0.2) is 45.5 Å². The van der Waals surface area contributed by atoms with Crippen molar-refractivity contribution in [2.45, 2.75) is 19.8 Å². The van der Waals surface area contributed by atoms with E-state index in [9.17, 15) is 20.2 Å². The molecule has 1 aliphatic rings. The Morgan fingerprint density at radius 2 is 2.24 bits per heavy atom. The molecule has 25 heavy (non-hydrogen) atoms. The Morgan fingerprint density at radius 1 is 1.56 bits per heavy atom. The molecule has 0 aliphatic carbocycles. The molecule has 2 rings (SSSR count). The number of allylic oxidation sites excluding steroid dienone is 2. The molecule has 1 aromatic rings. The van der Waals surface area contributed by atoms with Gasteiger partial charge in [-0.15, -0.1) is 0 Å². The third-order valence-electron chi connectivity index (χ3n) is 3.60. The van der Waals surface area contributed by atoms with Crippen LogP contribution in [0.1, 0.15) is 25.3 Å². The van der Waals surface area contributed by atoms with E-state index in [2.05, 4.69) is 15.9 Å². The summed E-state index contributed by atoms with van der Waals surface area (Å²) >= 11 is 3.18. The van der Waals surface area contributed by atoms with Crippen molar-refractivity contribution in [3.8, 4) is 6.07 Å². The Kier molecular flexibility index (Phi) is 5.44. The van der Waals surface area contributed by atoms with Crippen LogP contribution in [-0.4, -0.2) is 17.5 Å². The molecule has 0 amide bonds. The highest BCUT2D eigenvalue weighted by molar-refractivity contribution is 9.10. The van der Waals surface area contributed by atoms with Crippen LogP contribution in [0.4, 0.5) is 5.69 Å². The number of rotatable bonds is 4. The molecule has 1 aromatic carbocycles. The highest BCUT2D eigenvalue weighted by Crippen LogP contribution is 2.43. The summed E-state index contributed by atoms with van der Waals surface area (Å²) in [6, 6.07) is 6.24. The summed E-state index contributed by atoms with van der Waals surface area (Å²) in [4.78, 5) is 23.3. The van der Waals surface area contributed by atoms with E-state index >= 15 is 0 Å². The summed E-state index contributed by atoms with van der Waals surface area (Å²) < 4.78 is 10.8. The predicted octanol–water partition coefficient (Wildman–Crippen LogP) is 3.00. The molecule has 9 heteroatoms. The van der Waals surface area contributed by atoms with Gasteiger partial charge < -0.3 is 15.2 Å². The van der Waals surface area contributed by atoms with Crippen LogP contribution in [0.5, 0.6) is 0 Å². The zero-order valence-corrected chi connectivity index (χ0v) is 15.0. The number of nitro groups is 1. The van der Waals surface area contributed by atoms with Crippen molar-refractivity contribution in [3.63, 3.8) is 0 Å². The minimum Gasteiger partial charge on any atom is -0.463 e. The van der Waals surface area contributed by atoms with Crippen LogP contribution in [0, 0.1) is 21.4 Å². The Bertz CT molecular complexity index is 854. The molecule has 0 radical (unpaired) electrons. The fraction of sp³-hybridized carbons (Fsp3) is 0.250. The monoisotopic (exact) mass is 407 g/mol. The zero-order valence-electron chi connectivity index (χ0n) is 13.4. The standard InChI is InChI=1S/C16H14BrN3O5/c1-3-24-16(21)13-8(2)25-15(19)11(7-18)14(13)10-5-4-9(17)6-12(10)20(22)23/h4-6,14H,3,19H2,1-2H3. The maximum absolute atomic E-state index is 12.4. The summed E-state index contributed by atoms with van der Waals surface area (Å²) in [7, 11) is 0. The largest absolute Gasteiger partial charge is 0.463 e. The molecule has 0 fully saturated rings. The molecule has 8 nitrogen and oxygen atoms in total. The van der Waals surface area contributed by atoms with Gasteiger partial charge in [0.25, 0.3) is 5.69 Å². The number of esters is 1. The first-order chi connectivity index (χ1) is 11.8. The van der Waals surface area contributed by atoms with Crippen LogP contribution >= 0.6 is 15.9 Å². The number of benzene rings is 1. The SMILES string of the molecule is CCOC(=O)C1=C(C)OC(N)=C(C#N)C1c1ccc(Br)cc1[N+](=O)[O-]. The number of nitro benzene ring substituents is 1. The lowest BCUT2D eigenvalue weighted by molar-refractivity contribution is -0.385. The van der Waals surface area contributed by atoms with E-state index in [1.807, 2.05) is 6.07 Å². The lowest BCUT2D eigenvalue weighted by atomic mass is 9.82. The first-order valence-corrected chi connectivity index (χ1v) is 8.00. The topological polar surface area (TPSA) is 128 Å². The lowest BCUT2D eigenvalue weighted by Crippen LogP contribution is -2.26. The Balaban J connectivity index is 2.76. The maximum Gasteiger partial charge on any atom is 0.338 e. The summed E-state index contributed by atoms with van der Waals surface area (Å²) in [5, 5.41) is 20.9.